The molecule has 0 fully saturated rings. The Morgan fingerprint density at radius 1 is 1.08 bits per heavy atom. The predicted molar refractivity (Wildman–Crippen MR) is 89.9 cm³/mol. The number of nitro groups is 1. The van der Waals surface area contributed by atoms with Gasteiger partial charge in [0, 0.05) is 5.56 Å². The third-order valence-electron chi connectivity index (χ3n) is 4.02. The number of methoxy groups -OCH3 is 2. The quantitative estimate of drug-likeness (QED) is 0.410. The van der Waals surface area contributed by atoms with Crippen LogP contribution in [0.5, 0.6) is 23.0 Å². The first-order valence-electron chi connectivity index (χ1n) is 7.43. The third-order valence-corrected chi connectivity index (χ3v) is 4.02. The second-order valence-corrected chi connectivity index (χ2v) is 5.41. The summed E-state index contributed by atoms with van der Waals surface area (Å²) >= 11 is 0. The highest BCUT2D eigenvalue weighted by Gasteiger charge is 2.31. The van der Waals surface area contributed by atoms with Gasteiger partial charge in [-0.1, -0.05) is 0 Å². The predicted octanol–water partition coefficient (Wildman–Crippen LogP) is 4.22. The molecule has 0 N–H and O–H groups in total. The topological polar surface area (TPSA) is 84.0 Å². The van der Waals surface area contributed by atoms with Gasteiger partial charge in [-0.05, 0) is 36.4 Å². The Bertz CT molecular complexity index is 1030. The maximum absolute atomic E-state index is 11.2. The number of nitrogens with zero attached hydrogens (tertiary/aromatic N) is 1. The van der Waals surface area contributed by atoms with E-state index < -0.39 is 4.92 Å². The van der Waals surface area contributed by atoms with E-state index in [1.807, 2.05) is 0 Å². The van der Waals surface area contributed by atoms with Crippen molar-refractivity contribution in [2.75, 3.05) is 14.2 Å². The minimum absolute atomic E-state index is 0.306. The molecule has 0 amide bonds. The van der Waals surface area contributed by atoms with Crippen LogP contribution in [0.3, 0.4) is 0 Å². The number of hydrogen-bond donors (Lipinski definition) is 0. The van der Waals surface area contributed by atoms with Crippen molar-refractivity contribution in [3.05, 3.63) is 64.0 Å². The fourth-order valence-corrected chi connectivity index (χ4v) is 2.86. The SMILES string of the molecule is COc1ccc2c(c1)/C(=C/[N+](=O)[O-])c1oc3ccc(OC)cc3c1O2. The van der Waals surface area contributed by atoms with Crippen LogP contribution in [0.15, 0.2) is 47.0 Å². The molecule has 4 rings (SSSR count). The molecular weight excluding hydrogens is 326 g/mol. The Morgan fingerprint density at radius 3 is 2.52 bits per heavy atom. The van der Waals surface area contributed by atoms with Gasteiger partial charge in [0.05, 0.1) is 24.5 Å². The van der Waals surface area contributed by atoms with E-state index in [4.69, 9.17) is 18.6 Å². The molecule has 126 valence electrons. The summed E-state index contributed by atoms with van der Waals surface area (Å²) in [6.07, 6.45) is 0.916. The summed E-state index contributed by atoms with van der Waals surface area (Å²) in [6, 6.07) is 10.4. The smallest absolute Gasteiger partial charge is 0.246 e. The van der Waals surface area contributed by atoms with E-state index in [1.165, 1.54) is 7.11 Å². The van der Waals surface area contributed by atoms with E-state index in [2.05, 4.69) is 0 Å². The van der Waals surface area contributed by atoms with Crippen LogP contribution in [-0.4, -0.2) is 19.1 Å². The minimum Gasteiger partial charge on any atom is -0.497 e. The average molecular weight is 339 g/mol. The second-order valence-electron chi connectivity index (χ2n) is 5.41. The fourth-order valence-electron chi connectivity index (χ4n) is 2.86. The molecule has 0 bridgehead atoms. The van der Waals surface area contributed by atoms with Gasteiger partial charge in [0.15, 0.2) is 11.5 Å². The first-order valence-corrected chi connectivity index (χ1v) is 7.43. The van der Waals surface area contributed by atoms with Gasteiger partial charge in [-0.25, -0.2) is 0 Å². The number of benzene rings is 2. The first-order chi connectivity index (χ1) is 12.1. The lowest BCUT2D eigenvalue weighted by molar-refractivity contribution is -0.401. The summed E-state index contributed by atoms with van der Waals surface area (Å²) in [5.41, 5.74) is 1.42. The molecule has 3 aromatic rings. The Labute approximate surface area is 142 Å². The van der Waals surface area contributed by atoms with Gasteiger partial charge in [0.1, 0.15) is 28.4 Å². The van der Waals surface area contributed by atoms with Crippen molar-refractivity contribution in [3.8, 4) is 23.0 Å². The lowest BCUT2D eigenvalue weighted by Crippen LogP contribution is -2.03. The second kappa shape index (κ2) is 5.55. The largest absolute Gasteiger partial charge is 0.497 e. The van der Waals surface area contributed by atoms with E-state index >= 15 is 0 Å². The van der Waals surface area contributed by atoms with Crippen molar-refractivity contribution >= 4 is 16.5 Å². The van der Waals surface area contributed by atoms with Gasteiger partial charge >= 0.3 is 0 Å². The van der Waals surface area contributed by atoms with Crippen molar-refractivity contribution in [2.24, 2.45) is 0 Å². The van der Waals surface area contributed by atoms with E-state index in [1.54, 1.807) is 43.5 Å². The van der Waals surface area contributed by atoms with Crippen LogP contribution in [-0.2, 0) is 0 Å². The van der Waals surface area contributed by atoms with Crippen molar-refractivity contribution in [3.63, 3.8) is 0 Å². The summed E-state index contributed by atoms with van der Waals surface area (Å²) in [7, 11) is 3.09. The Morgan fingerprint density at radius 2 is 1.80 bits per heavy atom. The monoisotopic (exact) mass is 339 g/mol. The maximum atomic E-state index is 11.2. The van der Waals surface area contributed by atoms with Crippen LogP contribution in [0.2, 0.25) is 0 Å². The van der Waals surface area contributed by atoms with Gasteiger partial charge in [-0.15, -0.1) is 0 Å². The number of ether oxygens (including phenoxy) is 3. The van der Waals surface area contributed by atoms with Gasteiger partial charge in [-0.3, -0.25) is 10.1 Å². The molecule has 0 saturated heterocycles. The molecule has 1 aromatic heterocycles. The van der Waals surface area contributed by atoms with E-state index in [-0.39, 0.29) is 0 Å². The van der Waals surface area contributed by atoms with Crippen LogP contribution < -0.4 is 14.2 Å². The van der Waals surface area contributed by atoms with Crippen LogP contribution in [0, 0.1) is 10.1 Å². The summed E-state index contributed by atoms with van der Waals surface area (Å²) in [5.74, 6) is 2.44. The van der Waals surface area contributed by atoms with Gasteiger partial charge in [0.25, 0.3) is 0 Å². The molecule has 25 heavy (non-hydrogen) atoms. The standard InChI is InChI=1S/C18H13NO6/c1-22-10-3-5-15-12(7-10)14(9-19(20)21)18-17(24-15)13-8-11(23-2)4-6-16(13)25-18/h3-9H,1-2H3/b14-9-. The van der Waals surface area contributed by atoms with Crippen molar-refractivity contribution in [2.45, 2.75) is 0 Å². The number of rotatable bonds is 3. The molecule has 7 heteroatoms. The highest BCUT2D eigenvalue weighted by molar-refractivity contribution is 5.96. The zero-order chi connectivity index (χ0) is 17.6. The molecule has 0 unspecified atom stereocenters. The number of fused-ring (bicyclic) bond motifs is 4. The fraction of sp³-hybridized carbons (Fsp3) is 0.111. The first kappa shape index (κ1) is 15.1. The van der Waals surface area contributed by atoms with Crippen LogP contribution in [0.25, 0.3) is 16.5 Å². The summed E-state index contributed by atoms with van der Waals surface area (Å²) < 4.78 is 22.3. The van der Waals surface area contributed by atoms with Gasteiger partial charge in [0.2, 0.25) is 6.20 Å². The Hall–Kier alpha value is -3.48. The molecule has 0 spiro atoms. The Kier molecular flexibility index (Phi) is 3.35. The zero-order valence-electron chi connectivity index (χ0n) is 13.4. The number of hydrogen-bond acceptors (Lipinski definition) is 6. The van der Waals surface area contributed by atoms with Crippen molar-refractivity contribution < 1.29 is 23.6 Å². The summed E-state index contributed by atoms with van der Waals surface area (Å²) in [4.78, 5) is 10.6. The van der Waals surface area contributed by atoms with Crippen molar-refractivity contribution in [1.29, 1.82) is 0 Å². The molecule has 0 atom stereocenters. The lowest BCUT2D eigenvalue weighted by atomic mass is 9.99. The minimum atomic E-state index is -0.512. The number of furan rings is 1. The van der Waals surface area contributed by atoms with Gasteiger partial charge in [-0.2, -0.15) is 0 Å². The third kappa shape index (κ3) is 2.37. The molecule has 0 saturated carbocycles. The lowest BCUT2D eigenvalue weighted by Gasteiger charge is -2.18. The highest BCUT2D eigenvalue weighted by Crippen LogP contribution is 2.49. The van der Waals surface area contributed by atoms with Crippen LogP contribution in [0.4, 0.5) is 0 Å². The Balaban J connectivity index is 2.00. The van der Waals surface area contributed by atoms with Crippen LogP contribution in [0.1, 0.15) is 11.3 Å². The highest BCUT2D eigenvalue weighted by atomic mass is 16.6. The van der Waals surface area contributed by atoms with Crippen LogP contribution >= 0.6 is 0 Å². The van der Waals surface area contributed by atoms with Crippen molar-refractivity contribution in [1.82, 2.24) is 0 Å². The zero-order valence-corrected chi connectivity index (χ0v) is 13.4. The average Bonchev–Trinajstić information content (AvgIpc) is 2.98. The molecule has 0 radical (unpaired) electrons. The van der Waals surface area contributed by atoms with E-state index in [0.29, 0.717) is 50.9 Å². The molecule has 2 aromatic carbocycles. The van der Waals surface area contributed by atoms with Gasteiger partial charge < -0.3 is 18.6 Å². The normalized spacial score (nSPS) is 13.9. The maximum Gasteiger partial charge on any atom is 0.246 e. The summed E-state index contributed by atoms with van der Waals surface area (Å²) in [5, 5.41) is 11.8. The molecule has 0 aliphatic carbocycles. The molecular formula is C18H13NO6. The molecule has 1 aliphatic rings. The van der Waals surface area contributed by atoms with E-state index in [9.17, 15) is 10.1 Å². The molecule has 2 heterocycles. The molecule has 7 nitrogen and oxygen atoms in total. The van der Waals surface area contributed by atoms with E-state index in [0.717, 1.165) is 6.20 Å². The summed E-state index contributed by atoms with van der Waals surface area (Å²) in [6.45, 7) is 0. The molecule has 1 aliphatic heterocycles.